The Morgan fingerprint density at radius 2 is 1.86 bits per heavy atom. The Labute approximate surface area is 163 Å². The smallest absolute Gasteiger partial charge is 0.416 e. The van der Waals surface area contributed by atoms with Crippen LogP contribution in [0.3, 0.4) is 0 Å². The van der Waals surface area contributed by atoms with E-state index in [0.717, 1.165) is 6.07 Å². The standard InChI is InChI=1S/C17H27F3N4O3S/c1-5-22-15(23-8-9-28(21,25)26)24-11-12-6-7-13(27-16(2,3)4)10-14(12)17(18,19)20/h6-7,10H,5,8-9,11H2,1-4H3,(H2,21,25,26)(H2,22,23,24). The van der Waals surface area contributed by atoms with E-state index < -0.39 is 27.4 Å². The van der Waals surface area contributed by atoms with E-state index in [1.54, 1.807) is 27.7 Å². The first-order valence-corrected chi connectivity index (χ1v) is 10.3. The average Bonchev–Trinajstić information content (AvgIpc) is 2.49. The van der Waals surface area contributed by atoms with Crippen LogP contribution in [0.2, 0.25) is 0 Å². The lowest BCUT2D eigenvalue weighted by Gasteiger charge is -2.22. The number of aliphatic imine (C=N–C) groups is 1. The van der Waals surface area contributed by atoms with Crippen molar-refractivity contribution in [3.63, 3.8) is 0 Å². The molecule has 0 heterocycles. The molecule has 0 amide bonds. The largest absolute Gasteiger partial charge is 0.488 e. The van der Waals surface area contributed by atoms with E-state index >= 15 is 0 Å². The third-order valence-corrected chi connectivity index (χ3v) is 4.01. The van der Waals surface area contributed by atoms with Crippen LogP contribution in [-0.2, 0) is 22.7 Å². The molecule has 160 valence electrons. The van der Waals surface area contributed by atoms with Crippen molar-refractivity contribution in [2.75, 3.05) is 18.8 Å². The van der Waals surface area contributed by atoms with Crippen LogP contribution >= 0.6 is 0 Å². The fraction of sp³-hybridized carbons (Fsp3) is 0.588. The van der Waals surface area contributed by atoms with Crippen LogP contribution in [-0.4, -0.2) is 38.8 Å². The van der Waals surface area contributed by atoms with Crippen molar-refractivity contribution >= 4 is 16.0 Å². The molecule has 1 rings (SSSR count). The van der Waals surface area contributed by atoms with Crippen LogP contribution in [0.1, 0.15) is 38.8 Å². The molecule has 28 heavy (non-hydrogen) atoms. The summed E-state index contributed by atoms with van der Waals surface area (Å²) in [5.74, 6) is -0.0237. The zero-order valence-electron chi connectivity index (χ0n) is 16.4. The van der Waals surface area contributed by atoms with Crippen molar-refractivity contribution in [1.29, 1.82) is 0 Å². The van der Waals surface area contributed by atoms with E-state index in [1.165, 1.54) is 12.1 Å². The maximum atomic E-state index is 13.5. The molecular weight excluding hydrogens is 397 g/mol. The first-order valence-electron chi connectivity index (χ1n) is 8.63. The Bertz CT molecular complexity index is 788. The summed E-state index contributed by atoms with van der Waals surface area (Å²) >= 11 is 0. The SMILES string of the molecule is CCNC(=NCc1ccc(OC(C)(C)C)cc1C(F)(F)F)NCCS(N)(=O)=O. The molecule has 11 heteroatoms. The fourth-order valence-electron chi connectivity index (χ4n) is 2.19. The van der Waals surface area contributed by atoms with Gasteiger partial charge in [0.1, 0.15) is 11.4 Å². The lowest BCUT2D eigenvalue weighted by Crippen LogP contribution is -2.40. The Balaban J connectivity index is 3.04. The van der Waals surface area contributed by atoms with Crippen molar-refractivity contribution in [3.8, 4) is 5.75 Å². The quantitative estimate of drug-likeness (QED) is 0.460. The normalized spacial score (nSPS) is 13.4. The van der Waals surface area contributed by atoms with Crippen molar-refractivity contribution in [1.82, 2.24) is 10.6 Å². The molecule has 0 radical (unpaired) electrons. The van der Waals surface area contributed by atoms with E-state index in [-0.39, 0.29) is 36.1 Å². The molecule has 1 aromatic carbocycles. The summed E-state index contributed by atoms with van der Waals surface area (Å²) in [6, 6.07) is 3.74. The van der Waals surface area contributed by atoms with Crippen LogP contribution in [0, 0.1) is 0 Å². The number of sulfonamides is 1. The number of alkyl halides is 3. The van der Waals surface area contributed by atoms with Gasteiger partial charge in [0.25, 0.3) is 0 Å². The van der Waals surface area contributed by atoms with Crippen LogP contribution in [0.5, 0.6) is 5.75 Å². The third-order valence-electron chi connectivity index (χ3n) is 3.24. The van der Waals surface area contributed by atoms with E-state index in [9.17, 15) is 21.6 Å². The van der Waals surface area contributed by atoms with Gasteiger partial charge in [0.15, 0.2) is 5.96 Å². The second kappa shape index (κ2) is 9.46. The molecule has 0 unspecified atom stereocenters. The minimum absolute atomic E-state index is 0.0187. The molecule has 0 aliphatic carbocycles. The van der Waals surface area contributed by atoms with E-state index in [0.29, 0.717) is 6.54 Å². The summed E-state index contributed by atoms with van der Waals surface area (Å²) in [7, 11) is -3.66. The molecular formula is C17H27F3N4O3S. The van der Waals surface area contributed by atoms with Crippen molar-refractivity contribution in [3.05, 3.63) is 29.3 Å². The molecule has 0 spiro atoms. The number of ether oxygens (including phenoxy) is 1. The van der Waals surface area contributed by atoms with Gasteiger partial charge in [0.2, 0.25) is 10.0 Å². The fourth-order valence-corrected chi connectivity index (χ4v) is 2.58. The number of nitrogens with zero attached hydrogens (tertiary/aromatic N) is 1. The predicted molar refractivity (Wildman–Crippen MR) is 103 cm³/mol. The van der Waals surface area contributed by atoms with Gasteiger partial charge in [-0.3, -0.25) is 0 Å². The van der Waals surface area contributed by atoms with Gasteiger partial charge in [-0.1, -0.05) is 6.07 Å². The van der Waals surface area contributed by atoms with Gasteiger partial charge in [-0.2, -0.15) is 13.2 Å². The average molecular weight is 424 g/mol. The van der Waals surface area contributed by atoms with Gasteiger partial charge in [0.05, 0.1) is 17.9 Å². The van der Waals surface area contributed by atoms with Crippen molar-refractivity contribution in [2.45, 2.75) is 46.0 Å². The molecule has 0 bridgehead atoms. The van der Waals surface area contributed by atoms with Gasteiger partial charge >= 0.3 is 6.18 Å². The molecule has 0 fully saturated rings. The summed E-state index contributed by atoms with van der Waals surface area (Å²) in [6.07, 6.45) is -4.57. The van der Waals surface area contributed by atoms with E-state index in [4.69, 9.17) is 9.88 Å². The molecule has 0 aliphatic rings. The van der Waals surface area contributed by atoms with Crippen LogP contribution in [0.4, 0.5) is 13.2 Å². The van der Waals surface area contributed by atoms with Gasteiger partial charge in [-0.15, -0.1) is 0 Å². The molecule has 0 saturated carbocycles. The van der Waals surface area contributed by atoms with Crippen molar-refractivity contribution < 1.29 is 26.3 Å². The number of halogens is 3. The lowest BCUT2D eigenvalue weighted by atomic mass is 10.1. The monoisotopic (exact) mass is 424 g/mol. The van der Waals surface area contributed by atoms with Crippen LogP contribution in [0.15, 0.2) is 23.2 Å². The molecule has 1 aromatic rings. The minimum Gasteiger partial charge on any atom is -0.488 e. The summed E-state index contributed by atoms with van der Waals surface area (Å²) in [4.78, 5) is 4.10. The van der Waals surface area contributed by atoms with Crippen LogP contribution < -0.4 is 20.5 Å². The maximum absolute atomic E-state index is 13.5. The molecule has 7 nitrogen and oxygen atoms in total. The molecule has 0 aliphatic heterocycles. The van der Waals surface area contributed by atoms with E-state index in [1.807, 2.05) is 0 Å². The van der Waals surface area contributed by atoms with Crippen LogP contribution in [0.25, 0.3) is 0 Å². The summed E-state index contributed by atoms with van der Waals surface area (Å²) in [6.45, 7) is 7.18. The topological polar surface area (TPSA) is 106 Å². The lowest BCUT2D eigenvalue weighted by molar-refractivity contribution is -0.138. The number of guanidine groups is 1. The first-order chi connectivity index (χ1) is 12.7. The second-order valence-corrected chi connectivity index (χ2v) is 8.75. The number of primary sulfonamides is 1. The number of hydrogen-bond acceptors (Lipinski definition) is 4. The molecule has 0 saturated heterocycles. The maximum Gasteiger partial charge on any atom is 0.416 e. The number of nitrogens with one attached hydrogen (secondary N) is 2. The Morgan fingerprint density at radius 3 is 2.36 bits per heavy atom. The number of benzene rings is 1. The highest BCUT2D eigenvalue weighted by Crippen LogP contribution is 2.35. The molecule has 0 atom stereocenters. The third kappa shape index (κ3) is 9.27. The zero-order valence-corrected chi connectivity index (χ0v) is 17.2. The van der Waals surface area contributed by atoms with Gasteiger partial charge in [-0.25, -0.2) is 18.5 Å². The Hall–Kier alpha value is -2.01. The van der Waals surface area contributed by atoms with Gasteiger partial charge < -0.3 is 15.4 Å². The van der Waals surface area contributed by atoms with Gasteiger partial charge in [0, 0.05) is 13.1 Å². The highest BCUT2D eigenvalue weighted by Gasteiger charge is 2.34. The highest BCUT2D eigenvalue weighted by molar-refractivity contribution is 7.89. The van der Waals surface area contributed by atoms with E-state index in [2.05, 4.69) is 15.6 Å². The second-order valence-electron chi connectivity index (χ2n) is 7.02. The number of hydrogen-bond donors (Lipinski definition) is 3. The minimum atomic E-state index is -4.57. The summed E-state index contributed by atoms with van der Waals surface area (Å²) < 4.78 is 67.8. The van der Waals surface area contributed by atoms with Gasteiger partial charge in [-0.05, 0) is 45.4 Å². The molecule has 0 aromatic heterocycles. The number of rotatable bonds is 7. The Kier molecular flexibility index (Phi) is 8.12. The summed E-state index contributed by atoms with van der Waals surface area (Å²) in [5, 5.41) is 10.5. The highest BCUT2D eigenvalue weighted by atomic mass is 32.2. The number of nitrogens with two attached hydrogens (primary N) is 1. The first kappa shape index (κ1) is 24.0. The summed E-state index contributed by atoms with van der Waals surface area (Å²) in [5.41, 5.74) is -1.50. The Morgan fingerprint density at radius 1 is 1.21 bits per heavy atom. The zero-order chi connectivity index (χ0) is 21.6. The predicted octanol–water partition coefficient (Wildman–Crippen LogP) is 2.23. The van der Waals surface area contributed by atoms with Crippen molar-refractivity contribution in [2.24, 2.45) is 10.1 Å². The molecule has 4 N–H and O–H groups in total.